The van der Waals surface area contributed by atoms with Gasteiger partial charge in [0.15, 0.2) is 0 Å². The van der Waals surface area contributed by atoms with Crippen molar-refractivity contribution in [2.75, 3.05) is 18.5 Å². The second-order valence-electron chi connectivity index (χ2n) is 3.72. The molecule has 3 heteroatoms. The fourth-order valence-electron chi connectivity index (χ4n) is 1.71. The van der Waals surface area contributed by atoms with Crippen molar-refractivity contribution in [1.82, 2.24) is 4.98 Å². The second kappa shape index (κ2) is 4.42. The summed E-state index contributed by atoms with van der Waals surface area (Å²) in [6, 6.07) is 4.66. The van der Waals surface area contributed by atoms with E-state index >= 15 is 0 Å². The van der Waals surface area contributed by atoms with E-state index in [1.165, 1.54) is 5.69 Å². The van der Waals surface area contributed by atoms with Gasteiger partial charge in [0.05, 0.1) is 0 Å². The zero-order valence-corrected chi connectivity index (χ0v) is 8.49. The van der Waals surface area contributed by atoms with Gasteiger partial charge in [0.1, 0.15) is 0 Å². The van der Waals surface area contributed by atoms with Gasteiger partial charge in [-0.05, 0) is 31.9 Å². The summed E-state index contributed by atoms with van der Waals surface area (Å²) in [6.07, 6.45) is 4.04. The molecule has 0 radical (unpaired) electrons. The van der Waals surface area contributed by atoms with Crippen LogP contribution in [0.1, 0.15) is 18.5 Å². The van der Waals surface area contributed by atoms with Crippen LogP contribution in [0.5, 0.6) is 0 Å². The number of aromatic nitrogens is 1. The van der Waals surface area contributed by atoms with Crippen molar-refractivity contribution in [3.05, 3.63) is 24.0 Å². The molecule has 1 fully saturated rings. The van der Waals surface area contributed by atoms with Gasteiger partial charge in [0.2, 0.25) is 0 Å². The van der Waals surface area contributed by atoms with Gasteiger partial charge < -0.3 is 10.1 Å². The monoisotopic (exact) mass is 192 g/mol. The summed E-state index contributed by atoms with van der Waals surface area (Å²) in [7, 11) is 0. The molecule has 0 saturated carbocycles. The molecule has 0 spiro atoms. The number of nitrogens with zero attached hydrogens (tertiary/aromatic N) is 1. The number of nitrogens with one attached hydrogen (secondary N) is 1. The molecule has 2 rings (SSSR count). The highest BCUT2D eigenvalue weighted by atomic mass is 16.5. The molecule has 0 aromatic carbocycles. The topological polar surface area (TPSA) is 34.1 Å². The highest BCUT2D eigenvalue weighted by Gasteiger charge is 2.12. The lowest BCUT2D eigenvalue weighted by atomic mass is 10.1. The van der Waals surface area contributed by atoms with Gasteiger partial charge in [-0.25, -0.2) is 0 Å². The molecule has 0 aliphatic carbocycles. The summed E-state index contributed by atoms with van der Waals surface area (Å²) < 4.78 is 5.31. The predicted octanol–water partition coefficient (Wildman–Crippen LogP) is 1.98. The van der Waals surface area contributed by atoms with Gasteiger partial charge in [-0.1, -0.05) is 0 Å². The second-order valence-corrected chi connectivity index (χ2v) is 3.72. The van der Waals surface area contributed by atoms with Crippen LogP contribution in [0.2, 0.25) is 0 Å². The molecule has 2 heterocycles. The van der Waals surface area contributed by atoms with Gasteiger partial charge >= 0.3 is 0 Å². The highest BCUT2D eigenvalue weighted by Crippen LogP contribution is 2.14. The van der Waals surface area contributed by atoms with E-state index in [2.05, 4.69) is 16.4 Å². The van der Waals surface area contributed by atoms with Crippen molar-refractivity contribution in [2.45, 2.75) is 25.8 Å². The van der Waals surface area contributed by atoms with Gasteiger partial charge in [0.25, 0.3) is 0 Å². The molecule has 76 valence electrons. The minimum atomic E-state index is 0.561. The maximum Gasteiger partial charge on any atom is 0.0485 e. The van der Waals surface area contributed by atoms with Crippen LogP contribution in [0.25, 0.3) is 0 Å². The van der Waals surface area contributed by atoms with E-state index in [4.69, 9.17) is 4.74 Å². The van der Waals surface area contributed by atoms with Gasteiger partial charge in [-0.3, -0.25) is 4.98 Å². The van der Waals surface area contributed by atoms with Gasteiger partial charge in [0, 0.05) is 36.8 Å². The van der Waals surface area contributed by atoms with Crippen LogP contribution < -0.4 is 5.32 Å². The van der Waals surface area contributed by atoms with Crippen molar-refractivity contribution < 1.29 is 4.74 Å². The first-order valence-corrected chi connectivity index (χ1v) is 5.11. The van der Waals surface area contributed by atoms with E-state index in [1.54, 1.807) is 0 Å². The van der Waals surface area contributed by atoms with Crippen LogP contribution in [0, 0.1) is 6.92 Å². The molecule has 0 amide bonds. The van der Waals surface area contributed by atoms with E-state index < -0.39 is 0 Å². The lowest BCUT2D eigenvalue weighted by molar-refractivity contribution is 0.0904. The average Bonchev–Trinajstić information content (AvgIpc) is 2.19. The summed E-state index contributed by atoms with van der Waals surface area (Å²) in [5, 5.41) is 3.50. The molecule has 3 nitrogen and oxygen atoms in total. The summed E-state index contributed by atoms with van der Waals surface area (Å²) in [4.78, 5) is 4.17. The fraction of sp³-hybridized carbons (Fsp3) is 0.545. The Labute approximate surface area is 84.5 Å². The summed E-state index contributed by atoms with van der Waals surface area (Å²) in [5.41, 5.74) is 2.23. The SMILES string of the molecule is Cc1cc(NC2CCOCC2)ccn1. The van der Waals surface area contributed by atoms with E-state index in [1.807, 2.05) is 19.2 Å². The molecule has 1 saturated heterocycles. The Hall–Kier alpha value is -1.09. The van der Waals surface area contributed by atoms with Crippen molar-refractivity contribution in [3.63, 3.8) is 0 Å². The maximum atomic E-state index is 5.31. The van der Waals surface area contributed by atoms with E-state index in [-0.39, 0.29) is 0 Å². The molecule has 14 heavy (non-hydrogen) atoms. The summed E-state index contributed by atoms with van der Waals surface area (Å²) >= 11 is 0. The van der Waals surface area contributed by atoms with E-state index in [0.717, 1.165) is 31.7 Å². The zero-order valence-electron chi connectivity index (χ0n) is 8.49. The van der Waals surface area contributed by atoms with Crippen molar-refractivity contribution in [3.8, 4) is 0 Å². The highest BCUT2D eigenvalue weighted by molar-refractivity contribution is 5.43. The van der Waals surface area contributed by atoms with Gasteiger partial charge in [-0.2, -0.15) is 0 Å². The number of ether oxygens (including phenoxy) is 1. The molecule has 0 atom stereocenters. The van der Waals surface area contributed by atoms with Crippen LogP contribution in [-0.4, -0.2) is 24.2 Å². The Morgan fingerprint density at radius 3 is 2.93 bits per heavy atom. The van der Waals surface area contributed by atoms with Crippen LogP contribution in [0.3, 0.4) is 0 Å². The quantitative estimate of drug-likeness (QED) is 0.778. The van der Waals surface area contributed by atoms with Crippen LogP contribution in [0.4, 0.5) is 5.69 Å². The third kappa shape index (κ3) is 2.45. The standard InChI is InChI=1S/C11H16N2O/c1-9-8-11(2-5-12-9)13-10-3-6-14-7-4-10/h2,5,8,10H,3-4,6-7H2,1H3,(H,12,13). The number of anilines is 1. The lowest BCUT2D eigenvalue weighted by Gasteiger charge is -2.24. The molecule has 1 aliphatic heterocycles. The van der Waals surface area contributed by atoms with Crippen molar-refractivity contribution in [1.29, 1.82) is 0 Å². The lowest BCUT2D eigenvalue weighted by Crippen LogP contribution is -2.27. The van der Waals surface area contributed by atoms with Crippen LogP contribution in [0.15, 0.2) is 18.3 Å². The number of hydrogen-bond acceptors (Lipinski definition) is 3. The smallest absolute Gasteiger partial charge is 0.0485 e. The molecular formula is C11H16N2O. The van der Waals surface area contributed by atoms with E-state index in [9.17, 15) is 0 Å². The normalized spacial score (nSPS) is 18.1. The Balaban J connectivity index is 1.95. The third-order valence-corrected chi connectivity index (χ3v) is 2.49. The molecule has 0 unspecified atom stereocenters. The summed E-state index contributed by atoms with van der Waals surface area (Å²) in [6.45, 7) is 3.76. The molecule has 1 N–H and O–H groups in total. The number of aryl methyl sites for hydroxylation is 1. The summed E-state index contributed by atoms with van der Waals surface area (Å²) in [5.74, 6) is 0. The van der Waals surface area contributed by atoms with Crippen LogP contribution >= 0.6 is 0 Å². The first kappa shape index (κ1) is 9.46. The number of rotatable bonds is 2. The molecular weight excluding hydrogens is 176 g/mol. The molecule has 1 aliphatic rings. The third-order valence-electron chi connectivity index (χ3n) is 2.49. The largest absolute Gasteiger partial charge is 0.382 e. The first-order valence-electron chi connectivity index (χ1n) is 5.11. The van der Waals surface area contributed by atoms with Crippen LogP contribution in [-0.2, 0) is 4.74 Å². The Kier molecular flexibility index (Phi) is 2.99. The minimum Gasteiger partial charge on any atom is -0.382 e. The maximum absolute atomic E-state index is 5.31. The fourth-order valence-corrected chi connectivity index (χ4v) is 1.71. The molecule has 1 aromatic rings. The zero-order chi connectivity index (χ0) is 9.80. The Morgan fingerprint density at radius 2 is 2.21 bits per heavy atom. The predicted molar refractivity (Wildman–Crippen MR) is 56.4 cm³/mol. The van der Waals surface area contributed by atoms with E-state index in [0.29, 0.717) is 6.04 Å². The Bertz CT molecular complexity index is 295. The van der Waals surface area contributed by atoms with Crippen molar-refractivity contribution >= 4 is 5.69 Å². The molecule has 0 bridgehead atoms. The van der Waals surface area contributed by atoms with Gasteiger partial charge in [-0.15, -0.1) is 0 Å². The molecule has 1 aromatic heterocycles. The minimum absolute atomic E-state index is 0.561. The Morgan fingerprint density at radius 1 is 1.43 bits per heavy atom. The number of hydrogen-bond donors (Lipinski definition) is 1. The first-order chi connectivity index (χ1) is 6.84. The number of pyridine rings is 1. The van der Waals surface area contributed by atoms with Crippen molar-refractivity contribution in [2.24, 2.45) is 0 Å². The average molecular weight is 192 g/mol.